The van der Waals surface area contributed by atoms with Gasteiger partial charge in [0.25, 0.3) is 11.5 Å². The molecule has 3 heterocycles. The van der Waals surface area contributed by atoms with Crippen LogP contribution < -0.4 is 16.2 Å². The van der Waals surface area contributed by atoms with Crippen molar-refractivity contribution in [3.05, 3.63) is 45.7 Å². The summed E-state index contributed by atoms with van der Waals surface area (Å²) in [5.41, 5.74) is -0.441. The summed E-state index contributed by atoms with van der Waals surface area (Å²) >= 11 is 6.35. The van der Waals surface area contributed by atoms with Crippen molar-refractivity contribution in [2.75, 3.05) is 18.5 Å². The molecule has 1 aliphatic heterocycles. The van der Waals surface area contributed by atoms with Crippen LogP contribution in [0, 0.1) is 0 Å². The molecule has 1 aliphatic rings. The zero-order chi connectivity index (χ0) is 18.7. The Morgan fingerprint density at radius 3 is 2.92 bits per heavy atom. The van der Waals surface area contributed by atoms with Gasteiger partial charge in [0.2, 0.25) is 0 Å². The van der Waals surface area contributed by atoms with E-state index in [0.29, 0.717) is 31.9 Å². The lowest BCUT2D eigenvalue weighted by Gasteiger charge is -2.28. The van der Waals surface area contributed by atoms with E-state index >= 15 is 0 Å². The van der Waals surface area contributed by atoms with Gasteiger partial charge in [-0.25, -0.2) is 9.97 Å². The Bertz CT molecular complexity index is 867. The number of nitrogens with zero attached hydrogens (tertiary/aromatic N) is 3. The Balaban J connectivity index is 2.00. The van der Waals surface area contributed by atoms with E-state index in [1.807, 2.05) is 13.8 Å². The Labute approximate surface area is 155 Å². The van der Waals surface area contributed by atoms with Crippen molar-refractivity contribution >= 4 is 29.0 Å². The minimum absolute atomic E-state index is 0.155. The topological polar surface area (TPSA) is 98.1 Å². The lowest BCUT2D eigenvalue weighted by molar-refractivity contribution is -0.0189. The Morgan fingerprint density at radius 1 is 1.38 bits per heavy atom. The van der Waals surface area contributed by atoms with E-state index < -0.39 is 11.5 Å². The molecule has 2 aromatic heterocycles. The molecule has 26 heavy (non-hydrogen) atoms. The molecule has 1 amide bonds. The smallest absolute Gasteiger partial charge is 0.274 e. The van der Waals surface area contributed by atoms with Crippen LogP contribution in [-0.4, -0.2) is 39.2 Å². The summed E-state index contributed by atoms with van der Waals surface area (Å²) in [6.07, 6.45) is 3.51. The van der Waals surface area contributed by atoms with Crippen molar-refractivity contribution in [3.63, 3.8) is 0 Å². The first-order valence-electron chi connectivity index (χ1n) is 8.26. The van der Waals surface area contributed by atoms with Crippen molar-refractivity contribution < 1.29 is 9.53 Å². The maximum Gasteiger partial charge on any atom is 0.274 e. The monoisotopic (exact) mass is 377 g/mol. The number of nitrogens with one attached hydrogen (secondary N) is 2. The molecular formula is C17H20ClN5O3. The van der Waals surface area contributed by atoms with Gasteiger partial charge in [0.15, 0.2) is 0 Å². The van der Waals surface area contributed by atoms with Crippen LogP contribution in [0.5, 0.6) is 0 Å². The number of rotatable bonds is 2. The van der Waals surface area contributed by atoms with Crippen LogP contribution in [0.1, 0.15) is 30.8 Å². The average molecular weight is 378 g/mol. The second-order valence-electron chi connectivity index (χ2n) is 6.58. The number of halogens is 1. The van der Waals surface area contributed by atoms with Gasteiger partial charge >= 0.3 is 0 Å². The van der Waals surface area contributed by atoms with Gasteiger partial charge in [-0.05, 0) is 32.4 Å². The second kappa shape index (κ2) is 7.43. The molecule has 0 aromatic carbocycles. The predicted octanol–water partition coefficient (Wildman–Crippen LogP) is 1.96. The third-order valence-electron chi connectivity index (χ3n) is 4.00. The largest absolute Gasteiger partial charge is 0.374 e. The maximum absolute atomic E-state index is 12.9. The van der Waals surface area contributed by atoms with E-state index in [1.54, 1.807) is 12.3 Å². The number of carbonyl (C=O) groups excluding carboxylic acids is 1. The molecule has 3 rings (SSSR count). The first-order valence-corrected chi connectivity index (χ1v) is 8.64. The molecular weight excluding hydrogens is 358 g/mol. The summed E-state index contributed by atoms with van der Waals surface area (Å²) in [6, 6.07) is 3.08. The fourth-order valence-corrected chi connectivity index (χ4v) is 2.97. The van der Waals surface area contributed by atoms with Gasteiger partial charge < -0.3 is 19.9 Å². The van der Waals surface area contributed by atoms with Crippen molar-refractivity contribution in [3.8, 4) is 0 Å². The summed E-state index contributed by atoms with van der Waals surface area (Å²) in [6.45, 7) is 4.90. The zero-order valence-corrected chi connectivity index (χ0v) is 15.3. The van der Waals surface area contributed by atoms with Crippen molar-refractivity contribution in [1.29, 1.82) is 0 Å². The van der Waals surface area contributed by atoms with Gasteiger partial charge in [-0.15, -0.1) is 0 Å². The van der Waals surface area contributed by atoms with Gasteiger partial charge in [0.05, 0.1) is 10.6 Å². The lowest BCUT2D eigenvalue weighted by atomic mass is 10.1. The van der Waals surface area contributed by atoms with Crippen LogP contribution in [0.25, 0.3) is 0 Å². The summed E-state index contributed by atoms with van der Waals surface area (Å²) in [4.78, 5) is 33.4. The number of fused-ring (bicyclic) bond motifs is 1. The van der Waals surface area contributed by atoms with E-state index in [-0.39, 0.29) is 22.0 Å². The zero-order valence-electron chi connectivity index (χ0n) is 14.6. The average Bonchev–Trinajstić information content (AvgIpc) is 2.61. The number of ether oxygens (including phenoxy) is 1. The number of aromatic nitrogens is 3. The summed E-state index contributed by atoms with van der Waals surface area (Å²) in [5.74, 6) is 0.0578. The molecule has 2 aromatic rings. The molecule has 0 saturated heterocycles. The molecule has 2 N–H and O–H groups in total. The van der Waals surface area contributed by atoms with E-state index in [2.05, 4.69) is 20.6 Å². The standard InChI is InChI=1S/C17H20ClN5O3/c1-17(2)9-20-15(24)14-11(18)8-12(22-13-4-5-19-10-21-13)16(25)23(14)6-3-7-26-17/h4-5,8,10H,3,6-7,9H2,1-2H3,(H,20,24)(H,19,21,22). The van der Waals surface area contributed by atoms with E-state index in [1.165, 1.54) is 17.0 Å². The highest BCUT2D eigenvalue weighted by Crippen LogP contribution is 2.21. The molecule has 8 nitrogen and oxygen atoms in total. The van der Waals surface area contributed by atoms with Crippen LogP contribution in [0.4, 0.5) is 11.5 Å². The molecule has 0 bridgehead atoms. The number of hydrogen-bond donors (Lipinski definition) is 2. The summed E-state index contributed by atoms with van der Waals surface area (Å²) in [7, 11) is 0. The van der Waals surface area contributed by atoms with Crippen LogP contribution >= 0.6 is 11.6 Å². The maximum atomic E-state index is 12.9. The molecule has 0 aliphatic carbocycles. The molecule has 0 saturated carbocycles. The first kappa shape index (κ1) is 18.3. The van der Waals surface area contributed by atoms with Crippen LogP contribution in [-0.2, 0) is 11.3 Å². The van der Waals surface area contributed by atoms with Crippen LogP contribution in [0.2, 0.25) is 5.02 Å². The minimum atomic E-state index is -0.487. The Hall–Kier alpha value is -2.45. The highest BCUT2D eigenvalue weighted by Gasteiger charge is 2.25. The number of anilines is 2. The molecule has 9 heteroatoms. The van der Waals surface area contributed by atoms with Crippen LogP contribution in [0.15, 0.2) is 29.5 Å². The van der Waals surface area contributed by atoms with Crippen LogP contribution in [0.3, 0.4) is 0 Å². The molecule has 0 spiro atoms. The highest BCUT2D eigenvalue weighted by molar-refractivity contribution is 6.33. The number of amides is 1. The van der Waals surface area contributed by atoms with E-state index in [4.69, 9.17) is 16.3 Å². The van der Waals surface area contributed by atoms with Crippen molar-refractivity contribution in [1.82, 2.24) is 19.9 Å². The third kappa shape index (κ3) is 4.03. The van der Waals surface area contributed by atoms with Gasteiger partial charge in [-0.3, -0.25) is 9.59 Å². The molecule has 138 valence electrons. The predicted molar refractivity (Wildman–Crippen MR) is 98.0 cm³/mol. The number of pyridine rings is 1. The van der Waals surface area contributed by atoms with Crippen molar-refractivity contribution in [2.24, 2.45) is 0 Å². The molecule has 0 atom stereocenters. The Kier molecular flexibility index (Phi) is 5.24. The van der Waals surface area contributed by atoms with E-state index in [9.17, 15) is 9.59 Å². The second-order valence-corrected chi connectivity index (χ2v) is 6.98. The number of hydrogen-bond acceptors (Lipinski definition) is 6. The first-order chi connectivity index (χ1) is 12.4. The summed E-state index contributed by atoms with van der Waals surface area (Å²) in [5, 5.41) is 5.90. The fraction of sp³-hybridized carbons (Fsp3) is 0.412. The van der Waals surface area contributed by atoms with Gasteiger partial charge in [0.1, 0.15) is 23.5 Å². The fourth-order valence-electron chi connectivity index (χ4n) is 2.67. The lowest BCUT2D eigenvalue weighted by Crippen LogP contribution is -2.43. The SMILES string of the molecule is CC1(C)CNC(=O)c2c(Cl)cc(Nc3ccncn3)c(=O)n2CCCO1. The molecule has 0 fully saturated rings. The van der Waals surface area contributed by atoms with Crippen molar-refractivity contribution in [2.45, 2.75) is 32.4 Å². The minimum Gasteiger partial charge on any atom is -0.374 e. The third-order valence-corrected chi connectivity index (χ3v) is 4.28. The summed E-state index contributed by atoms with van der Waals surface area (Å²) < 4.78 is 7.15. The van der Waals surface area contributed by atoms with Gasteiger partial charge in [-0.1, -0.05) is 11.6 Å². The van der Waals surface area contributed by atoms with Gasteiger partial charge in [-0.2, -0.15) is 0 Å². The molecule has 0 radical (unpaired) electrons. The normalized spacial score (nSPS) is 17.1. The van der Waals surface area contributed by atoms with Gasteiger partial charge in [0, 0.05) is 25.9 Å². The number of carbonyl (C=O) groups is 1. The molecule has 0 unspecified atom stereocenters. The highest BCUT2D eigenvalue weighted by atomic mass is 35.5. The Morgan fingerprint density at radius 2 is 2.19 bits per heavy atom. The quantitative estimate of drug-likeness (QED) is 0.830. The van der Waals surface area contributed by atoms with E-state index in [0.717, 1.165) is 0 Å².